The number of fused-ring (bicyclic) bond motifs is 1. The van der Waals surface area contributed by atoms with Crippen molar-refractivity contribution in [3.8, 4) is 0 Å². The van der Waals surface area contributed by atoms with Crippen LogP contribution in [0.1, 0.15) is 28.8 Å². The summed E-state index contributed by atoms with van der Waals surface area (Å²) in [5, 5.41) is 3.10. The van der Waals surface area contributed by atoms with Gasteiger partial charge in [-0.2, -0.15) is 0 Å². The average molecular weight is 258 g/mol. The Morgan fingerprint density at radius 3 is 2.79 bits per heavy atom. The summed E-state index contributed by atoms with van der Waals surface area (Å²) in [5.74, 6) is 0.308. The van der Waals surface area contributed by atoms with E-state index >= 15 is 0 Å². The van der Waals surface area contributed by atoms with E-state index in [0.717, 1.165) is 36.2 Å². The van der Waals surface area contributed by atoms with Crippen LogP contribution < -0.4 is 10.2 Å². The smallest absolute Gasteiger partial charge is 0.231 e. The quantitative estimate of drug-likeness (QED) is 0.830. The molecule has 1 aliphatic carbocycles. The van der Waals surface area contributed by atoms with Crippen LogP contribution in [0.3, 0.4) is 0 Å². The van der Waals surface area contributed by atoms with Crippen molar-refractivity contribution in [2.24, 2.45) is 5.41 Å². The van der Waals surface area contributed by atoms with Crippen LogP contribution in [0.4, 0.5) is 5.69 Å². The summed E-state index contributed by atoms with van der Waals surface area (Å²) in [6, 6.07) is 5.64. The average Bonchev–Trinajstić information content (AvgIpc) is 3.12. The predicted molar refractivity (Wildman–Crippen MR) is 73.5 cm³/mol. The molecule has 2 aliphatic rings. The topological polar surface area (TPSA) is 49.4 Å². The summed E-state index contributed by atoms with van der Waals surface area (Å²) in [6.07, 6.45) is 2.33. The molecule has 1 aromatic rings. The van der Waals surface area contributed by atoms with Crippen molar-refractivity contribution in [1.82, 2.24) is 5.32 Å². The first-order chi connectivity index (χ1) is 9.07. The van der Waals surface area contributed by atoms with Gasteiger partial charge in [0.2, 0.25) is 5.91 Å². The van der Waals surface area contributed by atoms with Gasteiger partial charge in [0.25, 0.3) is 0 Å². The number of hydrogen-bond acceptors (Lipinski definition) is 3. The number of amides is 1. The normalized spacial score (nSPS) is 19.5. The van der Waals surface area contributed by atoms with Crippen molar-refractivity contribution in [3.05, 3.63) is 29.3 Å². The summed E-state index contributed by atoms with van der Waals surface area (Å²) in [7, 11) is 3.66. The Morgan fingerprint density at radius 1 is 1.42 bits per heavy atom. The molecule has 1 heterocycles. The lowest BCUT2D eigenvalue weighted by Gasteiger charge is -2.15. The minimum Gasteiger partial charge on any atom is -0.319 e. The predicted octanol–water partition coefficient (Wildman–Crippen LogP) is 1.39. The SMILES string of the molecule is CNCC1(C(=O)c2ccc3c(c2)CC(=O)N3C)CC1. The van der Waals surface area contributed by atoms with Crippen molar-refractivity contribution >= 4 is 17.4 Å². The molecule has 4 heteroatoms. The van der Waals surface area contributed by atoms with E-state index in [2.05, 4.69) is 5.32 Å². The van der Waals surface area contributed by atoms with Gasteiger partial charge in [-0.1, -0.05) is 0 Å². The highest BCUT2D eigenvalue weighted by Gasteiger charge is 2.49. The highest BCUT2D eigenvalue weighted by molar-refractivity contribution is 6.05. The number of ketones is 1. The number of nitrogens with one attached hydrogen (secondary N) is 1. The number of rotatable bonds is 4. The van der Waals surface area contributed by atoms with Gasteiger partial charge >= 0.3 is 0 Å². The lowest BCUT2D eigenvalue weighted by molar-refractivity contribution is -0.117. The van der Waals surface area contributed by atoms with Crippen molar-refractivity contribution in [2.75, 3.05) is 25.5 Å². The number of benzene rings is 1. The second-order valence-electron chi connectivity index (χ2n) is 5.61. The third-order valence-corrected chi connectivity index (χ3v) is 4.27. The Hall–Kier alpha value is -1.68. The van der Waals surface area contributed by atoms with Gasteiger partial charge in [-0.3, -0.25) is 9.59 Å². The van der Waals surface area contributed by atoms with Crippen LogP contribution in [0.2, 0.25) is 0 Å². The minimum atomic E-state index is -0.197. The Kier molecular flexibility index (Phi) is 2.71. The summed E-state index contributed by atoms with van der Waals surface area (Å²) >= 11 is 0. The van der Waals surface area contributed by atoms with Crippen molar-refractivity contribution < 1.29 is 9.59 Å². The second-order valence-corrected chi connectivity index (χ2v) is 5.61. The first-order valence-corrected chi connectivity index (χ1v) is 6.66. The molecule has 0 spiro atoms. The van der Waals surface area contributed by atoms with Gasteiger partial charge < -0.3 is 10.2 Å². The number of anilines is 1. The van der Waals surface area contributed by atoms with Gasteiger partial charge in [0.1, 0.15) is 0 Å². The number of nitrogens with zero attached hydrogens (tertiary/aromatic N) is 1. The molecular weight excluding hydrogens is 240 g/mol. The van der Waals surface area contributed by atoms with Gasteiger partial charge in [-0.15, -0.1) is 0 Å². The largest absolute Gasteiger partial charge is 0.319 e. The number of hydrogen-bond donors (Lipinski definition) is 1. The Morgan fingerprint density at radius 2 is 2.16 bits per heavy atom. The summed E-state index contributed by atoms with van der Waals surface area (Å²) < 4.78 is 0. The maximum absolute atomic E-state index is 12.5. The molecule has 1 aliphatic heterocycles. The molecule has 0 saturated heterocycles. The molecular formula is C15H18N2O2. The highest BCUT2D eigenvalue weighted by Crippen LogP contribution is 2.48. The summed E-state index contributed by atoms with van der Waals surface area (Å²) in [4.78, 5) is 25.9. The van der Waals surface area contributed by atoms with Crippen LogP contribution in [0, 0.1) is 5.41 Å². The molecule has 100 valence electrons. The molecule has 0 unspecified atom stereocenters. The maximum Gasteiger partial charge on any atom is 0.231 e. The van der Waals surface area contributed by atoms with Gasteiger partial charge in [0, 0.05) is 30.3 Å². The Bertz CT molecular complexity index is 561. The van der Waals surface area contributed by atoms with Crippen LogP contribution >= 0.6 is 0 Å². The van der Waals surface area contributed by atoms with E-state index in [1.807, 2.05) is 25.2 Å². The molecule has 0 atom stereocenters. The van der Waals surface area contributed by atoms with Crippen LogP contribution in [-0.4, -0.2) is 32.3 Å². The van der Waals surface area contributed by atoms with Gasteiger partial charge in [-0.05, 0) is 43.7 Å². The Labute approximate surface area is 112 Å². The van der Waals surface area contributed by atoms with Crippen molar-refractivity contribution in [3.63, 3.8) is 0 Å². The van der Waals surface area contributed by atoms with Crippen LogP contribution in [0.5, 0.6) is 0 Å². The van der Waals surface area contributed by atoms with Crippen LogP contribution in [0.15, 0.2) is 18.2 Å². The highest BCUT2D eigenvalue weighted by atomic mass is 16.2. The number of likely N-dealkylation sites (N-methyl/N-ethyl adjacent to an activating group) is 1. The monoisotopic (exact) mass is 258 g/mol. The Balaban J connectivity index is 1.90. The molecule has 1 aromatic carbocycles. The molecule has 0 bridgehead atoms. The molecule has 0 aromatic heterocycles. The molecule has 1 fully saturated rings. The van der Waals surface area contributed by atoms with Crippen LogP contribution in [0.25, 0.3) is 0 Å². The fourth-order valence-electron chi connectivity index (χ4n) is 2.89. The van der Waals surface area contributed by atoms with E-state index < -0.39 is 0 Å². The zero-order chi connectivity index (χ0) is 13.6. The van der Waals surface area contributed by atoms with E-state index in [0.29, 0.717) is 6.42 Å². The van der Waals surface area contributed by atoms with Crippen molar-refractivity contribution in [2.45, 2.75) is 19.3 Å². The zero-order valence-electron chi connectivity index (χ0n) is 11.3. The first kappa shape index (κ1) is 12.4. The molecule has 1 amide bonds. The molecule has 1 N–H and O–H groups in total. The van der Waals surface area contributed by atoms with E-state index in [1.54, 1.807) is 11.9 Å². The lowest BCUT2D eigenvalue weighted by atomic mass is 9.93. The van der Waals surface area contributed by atoms with E-state index in [4.69, 9.17) is 0 Å². The summed E-state index contributed by atoms with van der Waals surface area (Å²) in [5.41, 5.74) is 2.45. The minimum absolute atomic E-state index is 0.0935. The lowest BCUT2D eigenvalue weighted by Crippen LogP contribution is -2.28. The first-order valence-electron chi connectivity index (χ1n) is 6.66. The fourth-order valence-corrected chi connectivity index (χ4v) is 2.89. The number of Topliss-reactive ketones (excluding diaryl/α,β-unsaturated/α-hetero) is 1. The van der Waals surface area contributed by atoms with E-state index in [1.165, 1.54) is 0 Å². The van der Waals surface area contributed by atoms with Crippen LogP contribution in [-0.2, 0) is 11.2 Å². The molecule has 0 radical (unpaired) electrons. The molecule has 19 heavy (non-hydrogen) atoms. The zero-order valence-corrected chi connectivity index (χ0v) is 11.3. The molecule has 1 saturated carbocycles. The van der Waals surface area contributed by atoms with E-state index in [9.17, 15) is 9.59 Å². The van der Waals surface area contributed by atoms with Gasteiger partial charge in [-0.25, -0.2) is 0 Å². The number of carbonyl (C=O) groups excluding carboxylic acids is 2. The third-order valence-electron chi connectivity index (χ3n) is 4.27. The van der Waals surface area contributed by atoms with Gasteiger partial charge in [0.15, 0.2) is 5.78 Å². The summed E-state index contributed by atoms with van der Waals surface area (Å²) in [6.45, 7) is 0.738. The third kappa shape index (κ3) is 1.87. The van der Waals surface area contributed by atoms with Gasteiger partial charge in [0.05, 0.1) is 6.42 Å². The van der Waals surface area contributed by atoms with Crippen molar-refractivity contribution in [1.29, 1.82) is 0 Å². The molecule has 4 nitrogen and oxygen atoms in total. The van der Waals surface area contributed by atoms with E-state index in [-0.39, 0.29) is 17.1 Å². The second kappa shape index (κ2) is 4.17. The number of carbonyl (C=O) groups is 2. The maximum atomic E-state index is 12.5. The molecule has 3 rings (SSSR count). The standard InChI is InChI=1S/C15H18N2O2/c1-16-9-15(5-6-15)14(19)10-3-4-12-11(7-10)8-13(18)17(12)2/h3-4,7,16H,5-6,8-9H2,1-2H3. The fraction of sp³-hybridized carbons (Fsp3) is 0.467.